The van der Waals surface area contributed by atoms with Gasteiger partial charge in [0.2, 0.25) is 0 Å². The molecular formula is C7H13N3O2. The number of nitriles is 1. The minimum atomic E-state index is -0.773. The predicted octanol–water partition coefficient (Wildman–Crippen LogP) is -0.0265. The van der Waals surface area contributed by atoms with Crippen LogP contribution in [-0.4, -0.2) is 25.3 Å². The average Bonchev–Trinajstić information content (AvgIpc) is 1.98. The monoisotopic (exact) mass is 171 g/mol. The Bertz CT molecular complexity index is 176. The number of ether oxygens (including phenoxy) is 1. The molecule has 0 saturated carbocycles. The Hall–Kier alpha value is -1.28. The lowest BCUT2D eigenvalue weighted by Gasteiger charge is -2.08. The van der Waals surface area contributed by atoms with Gasteiger partial charge in [-0.1, -0.05) is 0 Å². The summed E-state index contributed by atoms with van der Waals surface area (Å²) in [5.74, 6) is 0. The molecule has 0 aromatic heterocycles. The quantitative estimate of drug-likeness (QED) is 0.569. The van der Waals surface area contributed by atoms with Gasteiger partial charge in [-0.2, -0.15) is 5.26 Å². The summed E-state index contributed by atoms with van der Waals surface area (Å²) in [6.45, 7) is 2.64. The number of hydrogen-bond acceptors (Lipinski definition) is 4. The maximum atomic E-state index is 10.1. The van der Waals surface area contributed by atoms with E-state index in [9.17, 15) is 4.79 Å². The van der Waals surface area contributed by atoms with Crippen LogP contribution in [0.25, 0.3) is 0 Å². The van der Waals surface area contributed by atoms with Crippen LogP contribution in [0.3, 0.4) is 0 Å². The van der Waals surface area contributed by atoms with Crippen LogP contribution in [0.15, 0.2) is 0 Å². The van der Waals surface area contributed by atoms with Gasteiger partial charge in [-0.25, -0.2) is 4.79 Å². The van der Waals surface area contributed by atoms with Crippen molar-refractivity contribution in [1.82, 2.24) is 5.32 Å². The Morgan fingerprint density at radius 1 is 1.83 bits per heavy atom. The van der Waals surface area contributed by atoms with Gasteiger partial charge in [-0.3, -0.25) is 0 Å². The van der Waals surface area contributed by atoms with E-state index in [0.29, 0.717) is 13.0 Å². The summed E-state index contributed by atoms with van der Waals surface area (Å²) in [4.78, 5) is 10.1. The highest BCUT2D eigenvalue weighted by atomic mass is 16.5. The van der Waals surface area contributed by atoms with Crippen LogP contribution in [0.4, 0.5) is 4.79 Å². The van der Waals surface area contributed by atoms with Gasteiger partial charge in [0.1, 0.15) is 6.61 Å². The van der Waals surface area contributed by atoms with Crippen molar-refractivity contribution < 1.29 is 9.53 Å². The molecule has 1 unspecified atom stereocenters. The van der Waals surface area contributed by atoms with E-state index in [1.54, 1.807) is 0 Å². The summed E-state index contributed by atoms with van der Waals surface area (Å²) in [6.07, 6.45) is -0.332. The van der Waals surface area contributed by atoms with Gasteiger partial charge in [0.25, 0.3) is 0 Å². The number of primary amides is 1. The Morgan fingerprint density at radius 3 is 3.00 bits per heavy atom. The van der Waals surface area contributed by atoms with E-state index in [1.807, 2.05) is 13.0 Å². The normalized spacial score (nSPS) is 11.7. The lowest BCUT2D eigenvalue weighted by Crippen LogP contribution is -2.30. The molecule has 0 aliphatic heterocycles. The van der Waals surface area contributed by atoms with Crippen LogP contribution in [0, 0.1) is 11.3 Å². The van der Waals surface area contributed by atoms with E-state index < -0.39 is 6.09 Å². The second-order valence-electron chi connectivity index (χ2n) is 2.38. The third-order valence-corrected chi connectivity index (χ3v) is 1.24. The first-order valence-electron chi connectivity index (χ1n) is 3.69. The van der Waals surface area contributed by atoms with Crippen molar-refractivity contribution in [3.05, 3.63) is 0 Å². The first-order chi connectivity index (χ1) is 5.66. The number of nitrogens with one attached hydrogen (secondary N) is 1. The van der Waals surface area contributed by atoms with Crippen molar-refractivity contribution in [2.45, 2.75) is 19.4 Å². The summed E-state index contributed by atoms with van der Waals surface area (Å²) >= 11 is 0. The van der Waals surface area contributed by atoms with Gasteiger partial charge in [-0.15, -0.1) is 0 Å². The molecule has 0 saturated heterocycles. The first kappa shape index (κ1) is 10.7. The smallest absolute Gasteiger partial charge is 0.404 e. The fourth-order valence-corrected chi connectivity index (χ4v) is 0.666. The molecule has 1 atom stereocenters. The van der Waals surface area contributed by atoms with Gasteiger partial charge >= 0.3 is 6.09 Å². The van der Waals surface area contributed by atoms with Gasteiger partial charge in [0.05, 0.1) is 12.5 Å². The maximum absolute atomic E-state index is 10.1. The third kappa shape index (κ3) is 6.83. The highest BCUT2D eigenvalue weighted by Gasteiger charge is 1.99. The van der Waals surface area contributed by atoms with Crippen molar-refractivity contribution in [2.75, 3.05) is 13.2 Å². The van der Waals surface area contributed by atoms with E-state index >= 15 is 0 Å². The summed E-state index contributed by atoms with van der Waals surface area (Å²) in [5.41, 5.74) is 4.73. The predicted molar refractivity (Wildman–Crippen MR) is 43.2 cm³/mol. The molecule has 0 aliphatic carbocycles. The van der Waals surface area contributed by atoms with Crippen LogP contribution in [-0.2, 0) is 4.74 Å². The molecule has 1 amide bonds. The lowest BCUT2D eigenvalue weighted by molar-refractivity contribution is 0.156. The molecule has 0 fully saturated rings. The fraction of sp³-hybridized carbons (Fsp3) is 0.714. The maximum Gasteiger partial charge on any atom is 0.404 e. The zero-order chi connectivity index (χ0) is 9.40. The molecule has 0 bridgehead atoms. The summed E-state index contributed by atoms with van der Waals surface area (Å²) in [6, 6.07) is 2.14. The number of nitrogens with two attached hydrogens (primary N) is 1. The van der Waals surface area contributed by atoms with E-state index in [1.165, 1.54) is 0 Å². The Balaban J connectivity index is 3.20. The van der Waals surface area contributed by atoms with Crippen molar-refractivity contribution >= 4 is 6.09 Å². The Kier molecular flexibility index (Phi) is 5.75. The Morgan fingerprint density at radius 2 is 2.50 bits per heavy atom. The van der Waals surface area contributed by atoms with Gasteiger partial charge < -0.3 is 15.8 Å². The molecule has 0 rings (SSSR count). The van der Waals surface area contributed by atoms with Gasteiger partial charge in [0.15, 0.2) is 0 Å². The molecule has 5 heteroatoms. The topological polar surface area (TPSA) is 88.1 Å². The molecule has 0 aromatic carbocycles. The van der Waals surface area contributed by atoms with Crippen molar-refractivity contribution in [3.63, 3.8) is 0 Å². The van der Waals surface area contributed by atoms with Crippen LogP contribution < -0.4 is 11.1 Å². The van der Waals surface area contributed by atoms with Crippen LogP contribution in [0.2, 0.25) is 0 Å². The van der Waals surface area contributed by atoms with E-state index in [4.69, 9.17) is 11.0 Å². The van der Waals surface area contributed by atoms with Gasteiger partial charge in [-0.05, 0) is 6.92 Å². The third-order valence-electron chi connectivity index (χ3n) is 1.24. The standard InChI is InChI=1S/C7H13N3O2/c1-6(2-3-8)10-4-5-12-7(9)11/h6,10H,2,4-5H2,1H3,(H2,9,11). The van der Waals surface area contributed by atoms with Crippen molar-refractivity contribution in [2.24, 2.45) is 5.73 Å². The molecule has 0 spiro atoms. The molecule has 0 aliphatic rings. The molecule has 5 nitrogen and oxygen atoms in total. The number of rotatable bonds is 5. The van der Waals surface area contributed by atoms with Crippen LogP contribution in [0.5, 0.6) is 0 Å². The highest BCUT2D eigenvalue weighted by molar-refractivity contribution is 5.64. The number of hydrogen-bond donors (Lipinski definition) is 2. The number of carbonyl (C=O) groups is 1. The Labute approximate surface area is 71.5 Å². The lowest BCUT2D eigenvalue weighted by atomic mass is 10.2. The van der Waals surface area contributed by atoms with Crippen molar-refractivity contribution in [3.8, 4) is 6.07 Å². The average molecular weight is 171 g/mol. The molecular weight excluding hydrogens is 158 g/mol. The first-order valence-corrected chi connectivity index (χ1v) is 3.69. The second kappa shape index (κ2) is 6.43. The molecule has 0 aromatic rings. The molecule has 12 heavy (non-hydrogen) atoms. The number of amides is 1. The molecule has 3 N–H and O–H groups in total. The van der Waals surface area contributed by atoms with E-state index in [-0.39, 0.29) is 12.6 Å². The highest BCUT2D eigenvalue weighted by Crippen LogP contribution is 1.86. The number of carbonyl (C=O) groups excluding carboxylic acids is 1. The molecule has 0 heterocycles. The minimum Gasteiger partial charge on any atom is -0.448 e. The SMILES string of the molecule is CC(CC#N)NCCOC(N)=O. The zero-order valence-electron chi connectivity index (χ0n) is 7.04. The zero-order valence-corrected chi connectivity index (χ0v) is 7.04. The second-order valence-corrected chi connectivity index (χ2v) is 2.38. The minimum absolute atomic E-state index is 0.117. The van der Waals surface area contributed by atoms with Crippen LogP contribution >= 0.6 is 0 Å². The summed E-state index contributed by atoms with van der Waals surface area (Å²) in [5, 5.41) is 11.3. The molecule has 0 radical (unpaired) electrons. The fourth-order valence-electron chi connectivity index (χ4n) is 0.666. The summed E-state index contributed by atoms with van der Waals surface area (Å²) < 4.78 is 4.46. The number of nitrogens with zero attached hydrogens (tertiary/aromatic N) is 1. The summed E-state index contributed by atoms with van der Waals surface area (Å²) in [7, 11) is 0. The van der Waals surface area contributed by atoms with E-state index in [2.05, 4.69) is 10.1 Å². The van der Waals surface area contributed by atoms with Crippen molar-refractivity contribution in [1.29, 1.82) is 5.26 Å². The van der Waals surface area contributed by atoms with Gasteiger partial charge in [0, 0.05) is 12.6 Å². The molecule has 68 valence electrons. The largest absolute Gasteiger partial charge is 0.448 e. The van der Waals surface area contributed by atoms with Crippen LogP contribution in [0.1, 0.15) is 13.3 Å². The van der Waals surface area contributed by atoms with E-state index in [0.717, 1.165) is 0 Å².